The van der Waals surface area contributed by atoms with Gasteiger partial charge in [0.25, 0.3) is 0 Å². The largest absolute Gasteiger partial charge is 0.486 e. The molecule has 0 aliphatic heterocycles. The van der Waals surface area contributed by atoms with Gasteiger partial charge in [0, 0.05) is 25.4 Å². The minimum atomic E-state index is 0.479. The number of nitrogens with two attached hydrogens (primary N) is 1. The average Bonchev–Trinajstić information content (AvgIpc) is 2.79. The van der Waals surface area contributed by atoms with Gasteiger partial charge in [-0.1, -0.05) is 19.1 Å². The molecule has 0 aliphatic carbocycles. The van der Waals surface area contributed by atoms with Crippen LogP contribution in [0.3, 0.4) is 0 Å². The highest BCUT2D eigenvalue weighted by atomic mass is 16.5. The Hall–Kier alpha value is -1.81. The molecule has 2 rings (SSSR count). The van der Waals surface area contributed by atoms with Crippen molar-refractivity contribution in [3.8, 4) is 5.75 Å². The fourth-order valence-corrected chi connectivity index (χ4v) is 1.97. The second kappa shape index (κ2) is 6.38. The summed E-state index contributed by atoms with van der Waals surface area (Å²) in [4.78, 5) is 4.37. The van der Waals surface area contributed by atoms with E-state index in [0.29, 0.717) is 13.2 Å². The van der Waals surface area contributed by atoms with Crippen molar-refractivity contribution in [1.82, 2.24) is 9.55 Å². The molecule has 0 saturated heterocycles. The summed E-state index contributed by atoms with van der Waals surface area (Å²) >= 11 is 0. The van der Waals surface area contributed by atoms with Gasteiger partial charge in [0.15, 0.2) is 0 Å². The number of aromatic nitrogens is 2. The van der Waals surface area contributed by atoms with Crippen molar-refractivity contribution in [3.05, 3.63) is 47.5 Å². The molecule has 1 heterocycles. The number of benzene rings is 1. The van der Waals surface area contributed by atoms with Crippen molar-refractivity contribution in [3.63, 3.8) is 0 Å². The van der Waals surface area contributed by atoms with E-state index in [1.165, 1.54) is 5.56 Å². The van der Waals surface area contributed by atoms with Gasteiger partial charge >= 0.3 is 0 Å². The summed E-state index contributed by atoms with van der Waals surface area (Å²) in [6.45, 7) is 3.26. The molecule has 0 unspecified atom stereocenters. The molecule has 0 aliphatic rings. The van der Waals surface area contributed by atoms with E-state index in [2.05, 4.69) is 24.0 Å². The lowest BCUT2D eigenvalue weighted by atomic mass is 10.2. The lowest BCUT2D eigenvalue weighted by molar-refractivity contribution is 0.291. The van der Waals surface area contributed by atoms with Crippen LogP contribution in [-0.2, 0) is 26.5 Å². The van der Waals surface area contributed by atoms with Gasteiger partial charge in [-0.25, -0.2) is 4.98 Å². The summed E-state index contributed by atoms with van der Waals surface area (Å²) < 4.78 is 7.80. The number of rotatable bonds is 6. The van der Waals surface area contributed by atoms with Crippen LogP contribution < -0.4 is 10.5 Å². The Morgan fingerprint density at radius 1 is 1.26 bits per heavy atom. The molecule has 0 saturated carbocycles. The molecule has 2 aromatic rings. The fourth-order valence-electron chi connectivity index (χ4n) is 1.97. The van der Waals surface area contributed by atoms with E-state index in [1.54, 1.807) is 0 Å². The molecule has 0 atom stereocenters. The molecule has 4 nitrogen and oxygen atoms in total. The Bertz CT molecular complexity index is 517. The average molecular weight is 259 g/mol. The first-order valence-electron chi connectivity index (χ1n) is 6.66. The van der Waals surface area contributed by atoms with Crippen molar-refractivity contribution in [2.24, 2.45) is 12.8 Å². The van der Waals surface area contributed by atoms with Gasteiger partial charge in [-0.3, -0.25) is 0 Å². The van der Waals surface area contributed by atoms with Crippen LogP contribution in [0.15, 0.2) is 30.5 Å². The summed E-state index contributed by atoms with van der Waals surface area (Å²) in [5.74, 6) is 1.79. The number of imidazole rings is 1. The van der Waals surface area contributed by atoms with Gasteiger partial charge in [0.2, 0.25) is 0 Å². The van der Waals surface area contributed by atoms with Crippen LogP contribution in [-0.4, -0.2) is 16.1 Å². The molecule has 4 heteroatoms. The highest BCUT2D eigenvalue weighted by Gasteiger charge is 2.06. The van der Waals surface area contributed by atoms with Crippen molar-refractivity contribution >= 4 is 0 Å². The predicted octanol–water partition coefficient (Wildman–Crippen LogP) is 2.06. The number of ether oxygens (including phenoxy) is 1. The number of hydrogen-bond acceptors (Lipinski definition) is 3. The number of aryl methyl sites for hydroxylation is 1. The molecule has 0 radical (unpaired) electrons. The minimum Gasteiger partial charge on any atom is -0.486 e. The first-order chi connectivity index (χ1) is 9.24. The SMILES string of the molecule is CCc1ccc(OCc2ncc(CCN)n2C)cc1. The van der Waals surface area contributed by atoms with Crippen LogP contribution in [0, 0.1) is 0 Å². The van der Waals surface area contributed by atoms with E-state index in [9.17, 15) is 0 Å². The van der Waals surface area contributed by atoms with Gasteiger partial charge in [-0.05, 0) is 30.7 Å². The van der Waals surface area contributed by atoms with Gasteiger partial charge in [-0.15, -0.1) is 0 Å². The molecule has 0 amide bonds. The maximum Gasteiger partial charge on any atom is 0.146 e. The molecule has 1 aromatic carbocycles. The predicted molar refractivity (Wildman–Crippen MR) is 76.1 cm³/mol. The van der Waals surface area contributed by atoms with E-state index in [1.807, 2.05) is 29.9 Å². The molecule has 0 bridgehead atoms. The van der Waals surface area contributed by atoms with Crippen LogP contribution in [0.2, 0.25) is 0 Å². The minimum absolute atomic E-state index is 0.479. The number of nitrogens with zero attached hydrogens (tertiary/aromatic N) is 2. The van der Waals surface area contributed by atoms with Crippen LogP contribution in [0.5, 0.6) is 5.75 Å². The maximum absolute atomic E-state index is 5.75. The Labute approximate surface area is 114 Å². The lowest BCUT2D eigenvalue weighted by Crippen LogP contribution is -2.09. The zero-order valence-electron chi connectivity index (χ0n) is 11.6. The van der Waals surface area contributed by atoms with E-state index in [4.69, 9.17) is 10.5 Å². The van der Waals surface area contributed by atoms with Crippen molar-refractivity contribution in [1.29, 1.82) is 0 Å². The smallest absolute Gasteiger partial charge is 0.146 e. The monoisotopic (exact) mass is 259 g/mol. The van der Waals surface area contributed by atoms with Crippen LogP contribution in [0.4, 0.5) is 0 Å². The summed E-state index contributed by atoms with van der Waals surface area (Å²) in [5, 5.41) is 0. The zero-order chi connectivity index (χ0) is 13.7. The first-order valence-corrected chi connectivity index (χ1v) is 6.66. The highest BCUT2D eigenvalue weighted by molar-refractivity contribution is 5.27. The van der Waals surface area contributed by atoms with Gasteiger partial charge in [-0.2, -0.15) is 0 Å². The van der Waals surface area contributed by atoms with Crippen molar-refractivity contribution in [2.45, 2.75) is 26.4 Å². The molecule has 2 N–H and O–H groups in total. The van der Waals surface area contributed by atoms with Crippen LogP contribution >= 0.6 is 0 Å². The van der Waals surface area contributed by atoms with Crippen molar-refractivity contribution < 1.29 is 4.74 Å². The highest BCUT2D eigenvalue weighted by Crippen LogP contribution is 2.14. The second-order valence-electron chi connectivity index (χ2n) is 4.55. The van der Waals surface area contributed by atoms with E-state index in [-0.39, 0.29) is 0 Å². The molecule has 0 fully saturated rings. The lowest BCUT2D eigenvalue weighted by Gasteiger charge is -2.08. The molecular weight excluding hydrogens is 238 g/mol. The maximum atomic E-state index is 5.75. The topological polar surface area (TPSA) is 53.1 Å². The quantitative estimate of drug-likeness (QED) is 0.864. The van der Waals surface area contributed by atoms with Gasteiger partial charge < -0.3 is 15.0 Å². The fraction of sp³-hybridized carbons (Fsp3) is 0.400. The summed E-state index contributed by atoms with van der Waals surface area (Å²) in [6, 6.07) is 8.19. The molecular formula is C15H21N3O. The van der Waals surface area contributed by atoms with E-state index >= 15 is 0 Å². The molecule has 1 aromatic heterocycles. The summed E-state index contributed by atoms with van der Waals surface area (Å²) in [7, 11) is 2.00. The number of hydrogen-bond donors (Lipinski definition) is 1. The van der Waals surface area contributed by atoms with Crippen molar-refractivity contribution in [2.75, 3.05) is 6.54 Å². The second-order valence-corrected chi connectivity index (χ2v) is 4.55. The van der Waals surface area contributed by atoms with Crippen LogP contribution in [0.1, 0.15) is 24.0 Å². The Kier molecular flexibility index (Phi) is 4.58. The Morgan fingerprint density at radius 2 is 2.00 bits per heavy atom. The molecule has 19 heavy (non-hydrogen) atoms. The molecule has 102 valence electrons. The molecule has 0 spiro atoms. The van der Waals surface area contributed by atoms with Gasteiger partial charge in [0.05, 0.1) is 0 Å². The summed E-state index contributed by atoms with van der Waals surface area (Å²) in [5.41, 5.74) is 8.01. The Balaban J connectivity index is 1.97. The third-order valence-corrected chi connectivity index (χ3v) is 3.28. The first kappa shape index (κ1) is 13.6. The van der Waals surface area contributed by atoms with Crippen LogP contribution in [0.25, 0.3) is 0 Å². The third-order valence-electron chi connectivity index (χ3n) is 3.28. The summed E-state index contributed by atoms with van der Waals surface area (Å²) in [6.07, 6.45) is 3.75. The third kappa shape index (κ3) is 3.35. The van der Waals surface area contributed by atoms with Gasteiger partial charge in [0.1, 0.15) is 18.2 Å². The van der Waals surface area contributed by atoms with E-state index in [0.717, 1.165) is 30.1 Å². The normalized spacial score (nSPS) is 10.7. The van der Waals surface area contributed by atoms with E-state index < -0.39 is 0 Å². The standard InChI is InChI=1S/C15H21N3O/c1-3-12-4-6-14(7-5-12)19-11-15-17-10-13(8-9-16)18(15)2/h4-7,10H,3,8-9,11,16H2,1-2H3. The zero-order valence-corrected chi connectivity index (χ0v) is 11.6. The Morgan fingerprint density at radius 3 is 2.63 bits per heavy atom.